The lowest BCUT2D eigenvalue weighted by Gasteiger charge is -2.28. The van der Waals surface area contributed by atoms with Crippen LogP contribution < -0.4 is 11.1 Å². The molecule has 1 aliphatic rings. The predicted molar refractivity (Wildman–Crippen MR) is 84.0 cm³/mol. The van der Waals surface area contributed by atoms with E-state index in [1.54, 1.807) is 24.3 Å². The number of rotatable bonds is 6. The summed E-state index contributed by atoms with van der Waals surface area (Å²) in [7, 11) is 0. The van der Waals surface area contributed by atoms with Crippen molar-refractivity contribution in [1.82, 2.24) is 5.32 Å². The second kappa shape index (κ2) is 6.94. The van der Waals surface area contributed by atoms with Gasteiger partial charge in [0.05, 0.1) is 6.04 Å². The lowest BCUT2D eigenvalue weighted by atomic mass is 9.83. The van der Waals surface area contributed by atoms with Gasteiger partial charge in [-0.1, -0.05) is 31.9 Å². The van der Waals surface area contributed by atoms with Gasteiger partial charge in [0.25, 0.3) is 0 Å². The molecule has 1 amide bonds. The van der Waals surface area contributed by atoms with Gasteiger partial charge in [-0.25, -0.2) is 0 Å². The molecular formula is C17H26N2O2. The quantitative estimate of drug-likeness (QED) is 0.753. The average Bonchev–Trinajstić information content (AvgIpc) is 2.96. The fourth-order valence-electron chi connectivity index (χ4n) is 3.16. The molecule has 0 saturated heterocycles. The van der Waals surface area contributed by atoms with Crippen LogP contribution in [0.3, 0.4) is 0 Å². The van der Waals surface area contributed by atoms with Gasteiger partial charge in [-0.2, -0.15) is 0 Å². The zero-order valence-electron chi connectivity index (χ0n) is 12.8. The Labute approximate surface area is 126 Å². The van der Waals surface area contributed by atoms with E-state index in [0.29, 0.717) is 6.42 Å². The monoisotopic (exact) mass is 290 g/mol. The van der Waals surface area contributed by atoms with Gasteiger partial charge >= 0.3 is 0 Å². The molecule has 0 aromatic heterocycles. The van der Waals surface area contributed by atoms with Crippen molar-refractivity contribution in [3.8, 4) is 5.75 Å². The highest BCUT2D eigenvalue weighted by Gasteiger charge is 2.32. The van der Waals surface area contributed by atoms with E-state index in [0.717, 1.165) is 18.5 Å². The smallest absolute Gasteiger partial charge is 0.237 e. The molecule has 1 aliphatic carbocycles. The van der Waals surface area contributed by atoms with E-state index in [-0.39, 0.29) is 17.1 Å². The SMILES string of the molecule is CCC1(CNC(=O)[C@H](N)Cc2ccc(O)cc2)CCCC1. The molecule has 0 radical (unpaired) electrons. The number of carbonyl (C=O) groups is 1. The highest BCUT2D eigenvalue weighted by atomic mass is 16.3. The van der Waals surface area contributed by atoms with Crippen LogP contribution in [0, 0.1) is 5.41 Å². The lowest BCUT2D eigenvalue weighted by Crippen LogP contribution is -2.45. The van der Waals surface area contributed by atoms with Gasteiger partial charge in [0.2, 0.25) is 5.91 Å². The Morgan fingerprint density at radius 3 is 2.52 bits per heavy atom. The minimum atomic E-state index is -0.537. The zero-order valence-corrected chi connectivity index (χ0v) is 12.8. The first-order chi connectivity index (χ1) is 10.0. The Kier molecular flexibility index (Phi) is 5.23. The summed E-state index contributed by atoms with van der Waals surface area (Å²) < 4.78 is 0. The van der Waals surface area contributed by atoms with Crippen molar-refractivity contribution in [2.24, 2.45) is 11.1 Å². The third-order valence-electron chi connectivity index (χ3n) is 4.78. The van der Waals surface area contributed by atoms with Gasteiger partial charge in [0.15, 0.2) is 0 Å². The van der Waals surface area contributed by atoms with Crippen molar-refractivity contribution in [2.45, 2.75) is 51.5 Å². The van der Waals surface area contributed by atoms with Gasteiger partial charge in [0.1, 0.15) is 5.75 Å². The minimum absolute atomic E-state index is 0.0807. The molecule has 0 aliphatic heterocycles. The molecule has 0 unspecified atom stereocenters. The predicted octanol–water partition coefficient (Wildman–Crippen LogP) is 2.35. The molecule has 0 heterocycles. The van der Waals surface area contributed by atoms with Crippen LogP contribution in [0.1, 0.15) is 44.6 Å². The summed E-state index contributed by atoms with van der Waals surface area (Å²) in [6.07, 6.45) is 6.55. The van der Waals surface area contributed by atoms with E-state index in [1.807, 2.05) is 0 Å². The van der Waals surface area contributed by atoms with Gasteiger partial charge in [-0.05, 0) is 48.8 Å². The minimum Gasteiger partial charge on any atom is -0.508 e. The van der Waals surface area contributed by atoms with Gasteiger partial charge < -0.3 is 16.2 Å². The maximum absolute atomic E-state index is 12.1. The van der Waals surface area contributed by atoms with Crippen molar-refractivity contribution >= 4 is 5.91 Å². The molecule has 1 fully saturated rings. The van der Waals surface area contributed by atoms with Gasteiger partial charge in [-0.15, -0.1) is 0 Å². The van der Waals surface area contributed by atoms with E-state index in [4.69, 9.17) is 5.73 Å². The van der Waals surface area contributed by atoms with Crippen LogP contribution in [0.5, 0.6) is 5.75 Å². The van der Waals surface area contributed by atoms with Crippen LogP contribution >= 0.6 is 0 Å². The van der Waals surface area contributed by atoms with Crippen LogP contribution in [0.2, 0.25) is 0 Å². The number of hydrogen-bond acceptors (Lipinski definition) is 3. The molecule has 0 bridgehead atoms. The summed E-state index contributed by atoms with van der Waals surface area (Å²) in [4.78, 5) is 12.1. The number of nitrogens with one attached hydrogen (secondary N) is 1. The fraction of sp³-hybridized carbons (Fsp3) is 0.588. The number of hydrogen-bond donors (Lipinski definition) is 3. The Bertz CT molecular complexity index is 464. The maximum atomic E-state index is 12.1. The van der Waals surface area contributed by atoms with Crippen LogP contribution in [0.15, 0.2) is 24.3 Å². The van der Waals surface area contributed by atoms with Crippen LogP contribution in [-0.4, -0.2) is 23.6 Å². The van der Waals surface area contributed by atoms with E-state index in [1.165, 1.54) is 25.7 Å². The third kappa shape index (κ3) is 4.21. The van der Waals surface area contributed by atoms with E-state index in [9.17, 15) is 9.90 Å². The summed E-state index contributed by atoms with van der Waals surface area (Å²) in [6.45, 7) is 2.94. The molecule has 1 atom stereocenters. The number of amides is 1. The Hall–Kier alpha value is -1.55. The summed E-state index contributed by atoms with van der Waals surface area (Å²) in [6, 6.07) is 6.29. The molecule has 1 aromatic carbocycles. The molecule has 4 heteroatoms. The first-order valence-electron chi connectivity index (χ1n) is 7.86. The van der Waals surface area contributed by atoms with Crippen LogP contribution in [0.4, 0.5) is 0 Å². The lowest BCUT2D eigenvalue weighted by molar-refractivity contribution is -0.122. The number of carbonyl (C=O) groups excluding carboxylic acids is 1. The Morgan fingerprint density at radius 2 is 1.95 bits per heavy atom. The molecule has 4 N–H and O–H groups in total. The number of aromatic hydroxyl groups is 1. The molecule has 2 rings (SSSR count). The summed E-state index contributed by atoms with van der Waals surface area (Å²) in [5.41, 5.74) is 7.23. The van der Waals surface area contributed by atoms with Crippen LogP contribution in [0.25, 0.3) is 0 Å². The second-order valence-electron chi connectivity index (χ2n) is 6.26. The number of nitrogens with two attached hydrogens (primary N) is 1. The third-order valence-corrected chi connectivity index (χ3v) is 4.78. The summed E-state index contributed by atoms with van der Waals surface area (Å²) in [5.74, 6) is 0.144. The number of phenolic OH excluding ortho intramolecular Hbond substituents is 1. The number of phenols is 1. The average molecular weight is 290 g/mol. The van der Waals surface area contributed by atoms with Gasteiger partial charge in [-0.3, -0.25) is 4.79 Å². The van der Waals surface area contributed by atoms with E-state index in [2.05, 4.69) is 12.2 Å². The van der Waals surface area contributed by atoms with Crippen molar-refractivity contribution in [2.75, 3.05) is 6.54 Å². The van der Waals surface area contributed by atoms with Crippen molar-refractivity contribution in [1.29, 1.82) is 0 Å². The topological polar surface area (TPSA) is 75.4 Å². The van der Waals surface area contributed by atoms with Gasteiger partial charge in [0, 0.05) is 6.54 Å². The molecule has 0 spiro atoms. The van der Waals surface area contributed by atoms with Crippen molar-refractivity contribution in [3.63, 3.8) is 0 Å². The molecule has 4 nitrogen and oxygen atoms in total. The first kappa shape index (κ1) is 15.8. The maximum Gasteiger partial charge on any atom is 0.237 e. The second-order valence-corrected chi connectivity index (χ2v) is 6.26. The van der Waals surface area contributed by atoms with E-state index >= 15 is 0 Å². The first-order valence-corrected chi connectivity index (χ1v) is 7.86. The highest BCUT2D eigenvalue weighted by Crippen LogP contribution is 2.40. The molecule has 1 saturated carbocycles. The normalized spacial score (nSPS) is 18.4. The standard InChI is InChI=1S/C17H26N2O2/c1-2-17(9-3-4-10-17)12-19-16(21)15(18)11-13-5-7-14(20)8-6-13/h5-8,15,20H,2-4,9-12,18H2,1H3,(H,19,21)/t15-/m1/s1. The van der Waals surface area contributed by atoms with E-state index < -0.39 is 6.04 Å². The van der Waals surface area contributed by atoms with Crippen molar-refractivity contribution < 1.29 is 9.90 Å². The largest absolute Gasteiger partial charge is 0.508 e. The van der Waals surface area contributed by atoms with Crippen LogP contribution in [-0.2, 0) is 11.2 Å². The summed E-state index contributed by atoms with van der Waals surface area (Å²) in [5, 5.41) is 12.3. The zero-order chi connectivity index (χ0) is 15.3. The molecule has 116 valence electrons. The summed E-state index contributed by atoms with van der Waals surface area (Å²) >= 11 is 0. The molecule has 21 heavy (non-hydrogen) atoms. The molecule has 1 aromatic rings. The highest BCUT2D eigenvalue weighted by molar-refractivity contribution is 5.81. The Morgan fingerprint density at radius 1 is 1.33 bits per heavy atom. The fourth-order valence-corrected chi connectivity index (χ4v) is 3.16. The Balaban J connectivity index is 1.83. The van der Waals surface area contributed by atoms with Crippen molar-refractivity contribution in [3.05, 3.63) is 29.8 Å². The number of benzene rings is 1. The molecular weight excluding hydrogens is 264 g/mol.